The number of carbonyl (C=O) groups is 1. The van der Waals surface area contributed by atoms with Gasteiger partial charge in [-0.1, -0.05) is 0 Å². The Morgan fingerprint density at radius 3 is 1.89 bits per heavy atom. The third-order valence-electron chi connectivity index (χ3n) is 3.65. The highest BCUT2D eigenvalue weighted by molar-refractivity contribution is 5.73. The van der Waals surface area contributed by atoms with E-state index in [1.807, 2.05) is 0 Å². The zero-order chi connectivity index (χ0) is 14.7. The molecule has 2 fully saturated rings. The maximum Gasteiger partial charge on any atom is 0.490 e. The van der Waals surface area contributed by atoms with Crippen LogP contribution in [0.25, 0.3) is 0 Å². The third kappa shape index (κ3) is 4.65. The SMILES string of the molecule is CC(C)N1CCC2(CC1)COC2.O=C(O)C(F)(F)F. The molecule has 0 unspecified atom stereocenters. The lowest BCUT2D eigenvalue weighted by Gasteiger charge is -2.48. The molecule has 2 saturated heterocycles. The number of alkyl halides is 3. The molecular formula is C12H20F3NO3. The van der Waals surface area contributed by atoms with E-state index in [-0.39, 0.29) is 0 Å². The first-order valence-electron chi connectivity index (χ1n) is 6.28. The number of carboxylic acid groups (broad SMARTS) is 1. The summed E-state index contributed by atoms with van der Waals surface area (Å²) in [6.45, 7) is 9.18. The van der Waals surface area contributed by atoms with Crippen LogP contribution >= 0.6 is 0 Å². The number of ether oxygens (including phenoxy) is 1. The Balaban J connectivity index is 0.000000224. The molecule has 7 heteroatoms. The first kappa shape index (κ1) is 16.2. The smallest absolute Gasteiger partial charge is 0.475 e. The van der Waals surface area contributed by atoms with E-state index in [2.05, 4.69) is 18.7 Å². The van der Waals surface area contributed by atoms with Gasteiger partial charge >= 0.3 is 12.1 Å². The highest BCUT2D eigenvalue weighted by Crippen LogP contribution is 2.38. The van der Waals surface area contributed by atoms with Crippen molar-refractivity contribution in [2.75, 3.05) is 26.3 Å². The number of hydrogen-bond donors (Lipinski definition) is 1. The Morgan fingerprint density at radius 2 is 1.68 bits per heavy atom. The van der Waals surface area contributed by atoms with E-state index < -0.39 is 12.1 Å². The number of halogens is 3. The predicted molar refractivity (Wildman–Crippen MR) is 62.9 cm³/mol. The normalized spacial score (nSPS) is 22.6. The minimum Gasteiger partial charge on any atom is -0.475 e. The number of hydrogen-bond acceptors (Lipinski definition) is 3. The zero-order valence-electron chi connectivity index (χ0n) is 11.2. The molecule has 0 aromatic rings. The summed E-state index contributed by atoms with van der Waals surface area (Å²) < 4.78 is 37.0. The molecule has 0 aromatic heterocycles. The van der Waals surface area contributed by atoms with Gasteiger partial charge in [0.05, 0.1) is 13.2 Å². The maximum absolute atomic E-state index is 10.6. The highest BCUT2D eigenvalue weighted by Gasteiger charge is 2.41. The van der Waals surface area contributed by atoms with E-state index in [0.717, 1.165) is 19.3 Å². The van der Waals surface area contributed by atoms with Crippen LogP contribution in [-0.4, -0.2) is 54.5 Å². The summed E-state index contributed by atoms with van der Waals surface area (Å²) in [5.41, 5.74) is 0.603. The number of likely N-dealkylation sites (tertiary alicyclic amines) is 1. The van der Waals surface area contributed by atoms with Gasteiger partial charge in [0.25, 0.3) is 0 Å². The number of nitrogens with zero attached hydrogens (tertiary/aromatic N) is 1. The highest BCUT2D eigenvalue weighted by atomic mass is 19.4. The van der Waals surface area contributed by atoms with Crippen LogP contribution in [0.15, 0.2) is 0 Å². The van der Waals surface area contributed by atoms with Crippen molar-refractivity contribution in [2.24, 2.45) is 5.41 Å². The molecule has 112 valence electrons. The van der Waals surface area contributed by atoms with Crippen molar-refractivity contribution < 1.29 is 27.8 Å². The number of carboxylic acids is 1. The van der Waals surface area contributed by atoms with Gasteiger partial charge in [0.15, 0.2) is 0 Å². The monoisotopic (exact) mass is 283 g/mol. The van der Waals surface area contributed by atoms with Crippen molar-refractivity contribution in [3.63, 3.8) is 0 Å². The van der Waals surface area contributed by atoms with Crippen LogP contribution in [0.2, 0.25) is 0 Å². The zero-order valence-corrected chi connectivity index (χ0v) is 11.2. The average Bonchev–Trinajstić information content (AvgIpc) is 2.26. The second-order valence-electron chi connectivity index (χ2n) is 5.43. The Hall–Kier alpha value is -0.820. The Kier molecular flexibility index (Phi) is 5.20. The second-order valence-corrected chi connectivity index (χ2v) is 5.43. The number of aliphatic carboxylic acids is 1. The van der Waals surface area contributed by atoms with Gasteiger partial charge in [-0.15, -0.1) is 0 Å². The fourth-order valence-corrected chi connectivity index (χ4v) is 2.19. The largest absolute Gasteiger partial charge is 0.490 e. The van der Waals surface area contributed by atoms with Gasteiger partial charge in [0, 0.05) is 11.5 Å². The van der Waals surface area contributed by atoms with Gasteiger partial charge < -0.3 is 14.7 Å². The lowest BCUT2D eigenvalue weighted by Crippen LogP contribution is -2.52. The molecule has 0 saturated carbocycles. The predicted octanol–water partition coefficient (Wildman–Crippen LogP) is 2.14. The molecule has 0 aromatic carbocycles. The first-order valence-corrected chi connectivity index (χ1v) is 6.28. The van der Waals surface area contributed by atoms with Gasteiger partial charge in [0.2, 0.25) is 0 Å². The summed E-state index contributed by atoms with van der Waals surface area (Å²) in [5, 5.41) is 7.12. The standard InChI is InChI=1S/C10H19NO.C2HF3O2/c1-9(2)11-5-3-10(4-6-11)7-12-8-10;3-2(4,5)1(6)7/h9H,3-8H2,1-2H3;(H,6,7). The quantitative estimate of drug-likeness (QED) is 0.801. The third-order valence-corrected chi connectivity index (χ3v) is 3.65. The van der Waals surface area contributed by atoms with E-state index in [4.69, 9.17) is 14.6 Å². The molecule has 2 aliphatic rings. The number of rotatable bonds is 1. The van der Waals surface area contributed by atoms with Crippen LogP contribution < -0.4 is 0 Å². The van der Waals surface area contributed by atoms with Gasteiger partial charge in [-0.3, -0.25) is 0 Å². The van der Waals surface area contributed by atoms with Gasteiger partial charge in [-0.25, -0.2) is 4.79 Å². The van der Waals surface area contributed by atoms with Crippen molar-refractivity contribution in [2.45, 2.75) is 38.9 Å². The maximum atomic E-state index is 10.6. The van der Waals surface area contributed by atoms with Crippen molar-refractivity contribution in [3.05, 3.63) is 0 Å². The van der Waals surface area contributed by atoms with Crippen molar-refractivity contribution in [1.29, 1.82) is 0 Å². The lowest BCUT2D eigenvalue weighted by molar-refractivity contribution is -0.192. The summed E-state index contributed by atoms with van der Waals surface area (Å²) in [6.07, 6.45) is -2.38. The van der Waals surface area contributed by atoms with E-state index >= 15 is 0 Å². The fourth-order valence-electron chi connectivity index (χ4n) is 2.19. The van der Waals surface area contributed by atoms with Gasteiger partial charge in [-0.2, -0.15) is 13.2 Å². The average molecular weight is 283 g/mol. The molecule has 0 atom stereocenters. The molecule has 1 spiro atoms. The molecule has 2 heterocycles. The minimum absolute atomic E-state index is 0.603. The van der Waals surface area contributed by atoms with E-state index in [1.54, 1.807) is 0 Å². The molecule has 0 bridgehead atoms. The van der Waals surface area contributed by atoms with Crippen LogP contribution in [0.1, 0.15) is 26.7 Å². The van der Waals surface area contributed by atoms with Crippen LogP contribution in [0.4, 0.5) is 13.2 Å². The Bertz CT molecular complexity index is 304. The van der Waals surface area contributed by atoms with Crippen LogP contribution in [0.3, 0.4) is 0 Å². The molecule has 0 aliphatic carbocycles. The summed E-state index contributed by atoms with van der Waals surface area (Å²) in [6, 6.07) is 0.725. The van der Waals surface area contributed by atoms with Crippen molar-refractivity contribution >= 4 is 5.97 Å². The molecule has 0 radical (unpaired) electrons. The molecule has 4 nitrogen and oxygen atoms in total. The summed E-state index contributed by atoms with van der Waals surface area (Å²) in [5.74, 6) is -2.76. The van der Waals surface area contributed by atoms with Crippen LogP contribution in [0.5, 0.6) is 0 Å². The molecule has 19 heavy (non-hydrogen) atoms. The van der Waals surface area contributed by atoms with Crippen molar-refractivity contribution in [3.8, 4) is 0 Å². The van der Waals surface area contributed by atoms with Crippen LogP contribution in [0, 0.1) is 5.41 Å². The van der Waals surface area contributed by atoms with Gasteiger partial charge in [-0.05, 0) is 39.8 Å². The molecular weight excluding hydrogens is 263 g/mol. The second kappa shape index (κ2) is 6.09. The minimum atomic E-state index is -5.08. The Morgan fingerprint density at radius 1 is 1.26 bits per heavy atom. The van der Waals surface area contributed by atoms with Gasteiger partial charge in [0.1, 0.15) is 0 Å². The summed E-state index contributed by atoms with van der Waals surface area (Å²) >= 11 is 0. The van der Waals surface area contributed by atoms with Crippen molar-refractivity contribution in [1.82, 2.24) is 4.90 Å². The Labute approximate surface area is 110 Å². The molecule has 0 amide bonds. The van der Waals surface area contributed by atoms with E-state index in [0.29, 0.717) is 5.41 Å². The molecule has 1 N–H and O–H groups in total. The summed E-state index contributed by atoms with van der Waals surface area (Å²) in [4.78, 5) is 11.5. The molecule has 2 aliphatic heterocycles. The summed E-state index contributed by atoms with van der Waals surface area (Å²) in [7, 11) is 0. The molecule has 2 rings (SSSR count). The fraction of sp³-hybridized carbons (Fsp3) is 0.917. The lowest BCUT2D eigenvalue weighted by atomic mass is 9.76. The topological polar surface area (TPSA) is 49.8 Å². The van der Waals surface area contributed by atoms with E-state index in [1.165, 1.54) is 25.9 Å². The number of piperidine rings is 1. The van der Waals surface area contributed by atoms with E-state index in [9.17, 15) is 13.2 Å². The first-order chi connectivity index (χ1) is 8.66. The van der Waals surface area contributed by atoms with Crippen LogP contribution in [-0.2, 0) is 9.53 Å².